The van der Waals surface area contributed by atoms with Gasteiger partial charge in [0, 0.05) is 10.9 Å². The van der Waals surface area contributed by atoms with Gasteiger partial charge in [-0.25, -0.2) is 0 Å². The molecule has 0 saturated carbocycles. The molecule has 0 aliphatic heterocycles. The highest BCUT2D eigenvalue weighted by molar-refractivity contribution is 5.86. The summed E-state index contributed by atoms with van der Waals surface area (Å²) in [5.74, 6) is 1.04. The van der Waals surface area contributed by atoms with E-state index in [1.807, 2.05) is 12.1 Å². The Hall–Kier alpha value is -1.50. The number of furan rings is 1. The number of hydrogen-bond donors (Lipinski definition) is 0. The van der Waals surface area contributed by atoms with Gasteiger partial charge in [-0.3, -0.25) is 0 Å². The van der Waals surface area contributed by atoms with E-state index in [1.165, 1.54) is 10.9 Å². The van der Waals surface area contributed by atoms with E-state index in [9.17, 15) is 0 Å². The lowest BCUT2D eigenvalue weighted by Crippen LogP contribution is -1.73. The fraction of sp³-hybridized carbons (Fsp3) is 0.0909. The van der Waals surface area contributed by atoms with Crippen LogP contribution < -0.4 is 0 Å². The molecule has 58 valence electrons. The molecule has 2 aromatic rings. The molecule has 0 radical (unpaired) electrons. The van der Waals surface area contributed by atoms with Crippen molar-refractivity contribution in [2.75, 3.05) is 0 Å². The Bertz CT molecular complexity index is 463. The quantitative estimate of drug-likeness (QED) is 0.571. The fourth-order valence-corrected chi connectivity index (χ4v) is 1.75. The molecule has 0 bridgehead atoms. The smallest absolute Gasteiger partial charge is 0.135 e. The van der Waals surface area contributed by atoms with Gasteiger partial charge in [0.05, 0.1) is 0 Å². The van der Waals surface area contributed by atoms with Gasteiger partial charge in [0.15, 0.2) is 0 Å². The third-order valence-corrected chi connectivity index (χ3v) is 2.32. The topological polar surface area (TPSA) is 13.1 Å². The normalized spacial score (nSPS) is 14.0. The molecule has 0 amide bonds. The Kier molecular flexibility index (Phi) is 1.01. The van der Waals surface area contributed by atoms with Crippen molar-refractivity contribution in [1.82, 2.24) is 0 Å². The zero-order valence-electron chi connectivity index (χ0n) is 6.58. The molecule has 1 aliphatic carbocycles. The van der Waals surface area contributed by atoms with Crippen LogP contribution in [0.3, 0.4) is 0 Å². The second-order valence-corrected chi connectivity index (χ2v) is 3.05. The van der Waals surface area contributed by atoms with Crippen molar-refractivity contribution in [3.8, 4) is 0 Å². The highest BCUT2D eigenvalue weighted by Crippen LogP contribution is 2.30. The summed E-state index contributed by atoms with van der Waals surface area (Å²) >= 11 is 0. The van der Waals surface area contributed by atoms with E-state index >= 15 is 0 Å². The summed E-state index contributed by atoms with van der Waals surface area (Å²) in [6, 6.07) is 8.19. The molecule has 1 heterocycles. The van der Waals surface area contributed by atoms with Gasteiger partial charge in [0.25, 0.3) is 0 Å². The van der Waals surface area contributed by atoms with E-state index in [0.29, 0.717) is 0 Å². The molecule has 1 heteroatoms. The first kappa shape index (κ1) is 6.06. The minimum atomic E-state index is 1.01. The molecule has 1 aromatic heterocycles. The molecule has 1 aromatic carbocycles. The molecule has 0 fully saturated rings. The molecule has 0 spiro atoms. The van der Waals surface area contributed by atoms with Gasteiger partial charge in [-0.1, -0.05) is 24.3 Å². The monoisotopic (exact) mass is 156 g/mol. The average Bonchev–Trinajstić information content (AvgIpc) is 2.62. The van der Waals surface area contributed by atoms with Crippen LogP contribution in [-0.4, -0.2) is 0 Å². The van der Waals surface area contributed by atoms with Crippen molar-refractivity contribution < 1.29 is 4.42 Å². The Balaban J connectivity index is 2.49. The predicted molar refractivity (Wildman–Crippen MR) is 49.0 cm³/mol. The van der Waals surface area contributed by atoms with Crippen LogP contribution >= 0.6 is 0 Å². The molecule has 12 heavy (non-hydrogen) atoms. The first-order valence-corrected chi connectivity index (χ1v) is 4.12. The third-order valence-electron chi connectivity index (χ3n) is 2.32. The summed E-state index contributed by atoms with van der Waals surface area (Å²) in [5.41, 5.74) is 2.34. The number of para-hydroxylation sites is 1. The summed E-state index contributed by atoms with van der Waals surface area (Å²) in [4.78, 5) is 0. The molecule has 0 unspecified atom stereocenters. The summed E-state index contributed by atoms with van der Waals surface area (Å²) in [7, 11) is 0. The number of allylic oxidation sites excluding steroid dienone is 1. The highest BCUT2D eigenvalue weighted by Gasteiger charge is 2.13. The minimum Gasteiger partial charge on any atom is -0.456 e. The predicted octanol–water partition coefficient (Wildman–Crippen LogP) is 3.00. The number of benzene rings is 1. The zero-order valence-corrected chi connectivity index (χ0v) is 6.58. The Morgan fingerprint density at radius 1 is 1.17 bits per heavy atom. The van der Waals surface area contributed by atoms with E-state index < -0.39 is 0 Å². The second kappa shape index (κ2) is 2.01. The summed E-state index contributed by atoms with van der Waals surface area (Å²) in [6.45, 7) is 0. The van der Waals surface area contributed by atoms with Gasteiger partial charge in [-0.15, -0.1) is 0 Å². The van der Waals surface area contributed by atoms with Crippen molar-refractivity contribution >= 4 is 17.0 Å². The summed E-state index contributed by atoms with van der Waals surface area (Å²) < 4.78 is 5.62. The fourth-order valence-electron chi connectivity index (χ4n) is 1.75. The van der Waals surface area contributed by atoms with Crippen LogP contribution in [0.15, 0.2) is 34.8 Å². The van der Waals surface area contributed by atoms with E-state index in [2.05, 4.69) is 24.3 Å². The summed E-state index contributed by atoms with van der Waals surface area (Å²) in [5, 5.41) is 1.26. The molecule has 0 atom stereocenters. The molecular weight excluding hydrogens is 148 g/mol. The number of fused-ring (bicyclic) bond motifs is 3. The van der Waals surface area contributed by atoms with Crippen LogP contribution in [0.1, 0.15) is 11.3 Å². The van der Waals surface area contributed by atoms with Gasteiger partial charge in [0.2, 0.25) is 0 Å². The minimum absolute atomic E-state index is 1.01. The first-order chi connectivity index (χ1) is 5.95. The van der Waals surface area contributed by atoms with Crippen LogP contribution in [0.5, 0.6) is 0 Å². The summed E-state index contributed by atoms with van der Waals surface area (Å²) in [6.07, 6.45) is 5.21. The van der Waals surface area contributed by atoms with Gasteiger partial charge in [-0.2, -0.15) is 0 Å². The maximum Gasteiger partial charge on any atom is 0.135 e. The van der Waals surface area contributed by atoms with Crippen molar-refractivity contribution in [3.63, 3.8) is 0 Å². The number of rotatable bonds is 0. The number of hydrogen-bond acceptors (Lipinski definition) is 1. The average molecular weight is 156 g/mol. The molecule has 1 nitrogen and oxygen atoms in total. The van der Waals surface area contributed by atoms with Crippen LogP contribution in [0.2, 0.25) is 0 Å². The van der Waals surface area contributed by atoms with Gasteiger partial charge >= 0.3 is 0 Å². The zero-order chi connectivity index (χ0) is 7.97. The molecule has 1 aliphatic rings. The standard InChI is InChI=1S/C11H8O/c1-2-6-10-8(4-1)9-5-3-7-11(9)12-10/h1-4,6-7H,5H2. The molecular formula is C11H8O. The van der Waals surface area contributed by atoms with Crippen molar-refractivity contribution in [2.45, 2.75) is 6.42 Å². The Morgan fingerprint density at radius 2 is 2.08 bits per heavy atom. The van der Waals surface area contributed by atoms with Crippen LogP contribution in [0, 0.1) is 0 Å². The van der Waals surface area contributed by atoms with Gasteiger partial charge in [0.1, 0.15) is 11.3 Å². The third kappa shape index (κ3) is 0.632. The van der Waals surface area contributed by atoms with Crippen molar-refractivity contribution in [3.05, 3.63) is 41.7 Å². The van der Waals surface area contributed by atoms with Crippen LogP contribution in [-0.2, 0) is 6.42 Å². The Labute approximate surface area is 70.3 Å². The van der Waals surface area contributed by atoms with Crippen LogP contribution in [0.25, 0.3) is 17.0 Å². The SMILES string of the molecule is C1=Cc2oc3ccccc3c2C1. The Morgan fingerprint density at radius 3 is 3.08 bits per heavy atom. The van der Waals surface area contributed by atoms with E-state index in [0.717, 1.165) is 17.8 Å². The molecule has 0 saturated heterocycles. The van der Waals surface area contributed by atoms with Crippen LogP contribution in [0.4, 0.5) is 0 Å². The van der Waals surface area contributed by atoms with E-state index in [1.54, 1.807) is 0 Å². The largest absolute Gasteiger partial charge is 0.456 e. The van der Waals surface area contributed by atoms with Crippen molar-refractivity contribution in [2.24, 2.45) is 0 Å². The maximum absolute atomic E-state index is 5.62. The van der Waals surface area contributed by atoms with E-state index in [-0.39, 0.29) is 0 Å². The lowest BCUT2D eigenvalue weighted by molar-refractivity contribution is 0.603. The first-order valence-electron chi connectivity index (χ1n) is 4.12. The highest BCUT2D eigenvalue weighted by atomic mass is 16.3. The lowest BCUT2D eigenvalue weighted by Gasteiger charge is -1.87. The lowest BCUT2D eigenvalue weighted by atomic mass is 10.1. The molecule has 0 N–H and O–H groups in total. The second-order valence-electron chi connectivity index (χ2n) is 3.05. The van der Waals surface area contributed by atoms with Gasteiger partial charge < -0.3 is 4.42 Å². The maximum atomic E-state index is 5.62. The van der Waals surface area contributed by atoms with E-state index in [4.69, 9.17) is 4.42 Å². The molecule has 3 rings (SSSR count). The van der Waals surface area contributed by atoms with Crippen molar-refractivity contribution in [1.29, 1.82) is 0 Å². The van der Waals surface area contributed by atoms with Gasteiger partial charge in [-0.05, 0) is 18.6 Å².